The van der Waals surface area contributed by atoms with Crippen molar-refractivity contribution in [3.8, 4) is 0 Å². The van der Waals surface area contributed by atoms with E-state index >= 15 is 0 Å². The predicted octanol–water partition coefficient (Wildman–Crippen LogP) is 16.9. The van der Waals surface area contributed by atoms with Crippen LogP contribution >= 0.6 is 0 Å². The molecule has 0 aliphatic heterocycles. The molecule has 2 atom stereocenters. The van der Waals surface area contributed by atoms with Crippen LogP contribution in [-0.2, 0) is 14.3 Å². The Morgan fingerprint density at radius 1 is 0.429 bits per heavy atom. The summed E-state index contributed by atoms with van der Waals surface area (Å²) in [5, 5.41) is 23.1. The van der Waals surface area contributed by atoms with Crippen molar-refractivity contribution in [2.24, 2.45) is 0 Å². The number of allylic oxidation sites excluding steroid dienone is 5. The Bertz CT molecular complexity index is 1020. The van der Waals surface area contributed by atoms with E-state index in [1.807, 2.05) is 6.08 Å². The number of carbonyl (C=O) groups is 2. The van der Waals surface area contributed by atoms with Crippen LogP contribution in [0.2, 0.25) is 0 Å². The van der Waals surface area contributed by atoms with Crippen molar-refractivity contribution in [3.63, 3.8) is 0 Å². The van der Waals surface area contributed by atoms with Crippen LogP contribution in [0.4, 0.5) is 0 Å². The molecule has 6 nitrogen and oxygen atoms in total. The fraction of sp³-hybridized carbons (Fsp3) is 0.860. The molecular formula is C57H107NO5. The van der Waals surface area contributed by atoms with Crippen molar-refractivity contribution >= 4 is 11.9 Å². The van der Waals surface area contributed by atoms with E-state index in [4.69, 9.17) is 4.74 Å². The third-order valence-corrected chi connectivity index (χ3v) is 12.6. The molecule has 0 aliphatic rings. The van der Waals surface area contributed by atoms with Crippen LogP contribution in [0.5, 0.6) is 0 Å². The molecule has 2 unspecified atom stereocenters. The molecule has 6 heteroatoms. The monoisotopic (exact) mass is 886 g/mol. The first-order valence-electron chi connectivity index (χ1n) is 27.8. The molecule has 0 saturated carbocycles. The van der Waals surface area contributed by atoms with Gasteiger partial charge in [-0.1, -0.05) is 230 Å². The topological polar surface area (TPSA) is 95.9 Å². The summed E-state index contributed by atoms with van der Waals surface area (Å²) in [6.07, 6.45) is 64.4. The maximum Gasteiger partial charge on any atom is 0.305 e. The van der Waals surface area contributed by atoms with Crippen LogP contribution in [0.15, 0.2) is 36.5 Å². The second-order valence-electron chi connectivity index (χ2n) is 18.9. The summed E-state index contributed by atoms with van der Waals surface area (Å²) in [7, 11) is 0. The standard InChI is InChI=1S/C57H107NO5/c1-3-5-7-9-11-13-15-17-19-20-23-27-31-35-39-43-47-51-57(62)63-52-48-44-40-36-32-28-24-21-22-26-30-34-38-42-46-50-56(61)58-54(53-59)55(60)49-45-41-37-33-29-25-18-16-14-12-10-8-6-4-2/h17,19,24,28,45,49,54-55,59-60H,3-16,18,20-23,25-27,29-44,46-48,50-53H2,1-2H3,(H,58,61)/b19-17-,28-24-,49-45+. The molecule has 0 radical (unpaired) electrons. The van der Waals surface area contributed by atoms with E-state index in [9.17, 15) is 19.8 Å². The van der Waals surface area contributed by atoms with Crippen LogP contribution in [0.3, 0.4) is 0 Å². The van der Waals surface area contributed by atoms with Gasteiger partial charge >= 0.3 is 5.97 Å². The summed E-state index contributed by atoms with van der Waals surface area (Å²) >= 11 is 0. The van der Waals surface area contributed by atoms with E-state index in [0.29, 0.717) is 19.4 Å². The summed E-state index contributed by atoms with van der Waals surface area (Å²) in [6.45, 7) is 4.86. The van der Waals surface area contributed by atoms with Gasteiger partial charge in [0.05, 0.1) is 25.4 Å². The highest BCUT2D eigenvalue weighted by molar-refractivity contribution is 5.76. The third kappa shape index (κ3) is 49.4. The predicted molar refractivity (Wildman–Crippen MR) is 273 cm³/mol. The van der Waals surface area contributed by atoms with Crippen molar-refractivity contribution in [3.05, 3.63) is 36.5 Å². The Morgan fingerprint density at radius 3 is 1.13 bits per heavy atom. The first-order valence-corrected chi connectivity index (χ1v) is 27.8. The van der Waals surface area contributed by atoms with Gasteiger partial charge in [0.15, 0.2) is 0 Å². The Hall–Kier alpha value is -1.92. The van der Waals surface area contributed by atoms with Gasteiger partial charge in [-0.25, -0.2) is 0 Å². The van der Waals surface area contributed by atoms with Gasteiger partial charge in [0.25, 0.3) is 0 Å². The highest BCUT2D eigenvalue weighted by Crippen LogP contribution is 2.15. The number of esters is 1. The third-order valence-electron chi connectivity index (χ3n) is 12.6. The Labute approximate surface area is 392 Å². The number of nitrogens with one attached hydrogen (secondary N) is 1. The number of ether oxygens (including phenoxy) is 1. The average Bonchev–Trinajstić information content (AvgIpc) is 3.28. The van der Waals surface area contributed by atoms with Gasteiger partial charge in [-0.3, -0.25) is 9.59 Å². The Balaban J connectivity index is 3.49. The largest absolute Gasteiger partial charge is 0.466 e. The average molecular weight is 886 g/mol. The molecule has 3 N–H and O–H groups in total. The normalized spacial score (nSPS) is 12.9. The second kappa shape index (κ2) is 52.7. The molecule has 1 amide bonds. The lowest BCUT2D eigenvalue weighted by molar-refractivity contribution is -0.143. The molecule has 63 heavy (non-hydrogen) atoms. The van der Waals surface area contributed by atoms with Crippen LogP contribution in [-0.4, -0.2) is 47.4 Å². The van der Waals surface area contributed by atoms with Crippen LogP contribution < -0.4 is 5.32 Å². The lowest BCUT2D eigenvalue weighted by atomic mass is 10.0. The molecule has 0 heterocycles. The van der Waals surface area contributed by atoms with Crippen LogP contribution in [0.25, 0.3) is 0 Å². The first-order chi connectivity index (χ1) is 31.0. The molecule has 0 bridgehead atoms. The second-order valence-corrected chi connectivity index (χ2v) is 18.9. The number of unbranched alkanes of at least 4 members (excludes halogenated alkanes) is 36. The highest BCUT2D eigenvalue weighted by Gasteiger charge is 2.18. The van der Waals surface area contributed by atoms with Crippen LogP contribution in [0, 0.1) is 0 Å². The number of rotatable bonds is 51. The fourth-order valence-corrected chi connectivity index (χ4v) is 8.33. The van der Waals surface area contributed by atoms with E-state index in [1.165, 1.54) is 193 Å². The van der Waals surface area contributed by atoms with E-state index in [0.717, 1.165) is 70.6 Å². The van der Waals surface area contributed by atoms with Crippen molar-refractivity contribution in [1.29, 1.82) is 0 Å². The number of hydrogen-bond donors (Lipinski definition) is 3. The fourth-order valence-electron chi connectivity index (χ4n) is 8.33. The van der Waals surface area contributed by atoms with Gasteiger partial charge in [0.2, 0.25) is 5.91 Å². The minimum absolute atomic E-state index is 0.0149. The molecular weight excluding hydrogens is 779 g/mol. The van der Waals surface area contributed by atoms with Crippen molar-refractivity contribution in [2.75, 3.05) is 13.2 Å². The molecule has 0 aliphatic carbocycles. The zero-order valence-electron chi connectivity index (χ0n) is 42.1. The Kier molecular flexibility index (Phi) is 51.1. The molecule has 0 aromatic rings. The number of aliphatic hydroxyl groups excluding tert-OH is 2. The zero-order valence-corrected chi connectivity index (χ0v) is 42.1. The van der Waals surface area contributed by atoms with Gasteiger partial charge in [0, 0.05) is 12.8 Å². The minimum Gasteiger partial charge on any atom is -0.466 e. The quantitative estimate of drug-likeness (QED) is 0.0321. The van der Waals surface area contributed by atoms with E-state index in [-0.39, 0.29) is 18.5 Å². The number of hydrogen-bond acceptors (Lipinski definition) is 5. The molecule has 370 valence electrons. The molecule has 0 aromatic carbocycles. The van der Waals surface area contributed by atoms with E-state index < -0.39 is 12.1 Å². The van der Waals surface area contributed by atoms with Crippen molar-refractivity contribution in [2.45, 2.75) is 302 Å². The number of amides is 1. The summed E-state index contributed by atoms with van der Waals surface area (Å²) in [4.78, 5) is 24.5. The zero-order chi connectivity index (χ0) is 45.8. The van der Waals surface area contributed by atoms with Gasteiger partial charge in [-0.2, -0.15) is 0 Å². The summed E-state index contributed by atoms with van der Waals surface area (Å²) in [5.74, 6) is -0.0985. The molecule has 0 saturated heterocycles. The molecule has 0 rings (SSSR count). The maximum atomic E-state index is 12.4. The van der Waals surface area contributed by atoms with Gasteiger partial charge in [0.1, 0.15) is 0 Å². The van der Waals surface area contributed by atoms with E-state index in [1.54, 1.807) is 6.08 Å². The smallest absolute Gasteiger partial charge is 0.305 e. The number of aliphatic hydroxyl groups is 2. The first kappa shape index (κ1) is 61.1. The lowest BCUT2D eigenvalue weighted by Crippen LogP contribution is -2.45. The lowest BCUT2D eigenvalue weighted by Gasteiger charge is -2.20. The van der Waals surface area contributed by atoms with Gasteiger partial charge in [-0.05, 0) is 83.5 Å². The number of carbonyl (C=O) groups excluding carboxylic acids is 2. The minimum atomic E-state index is -0.854. The summed E-state index contributed by atoms with van der Waals surface area (Å²) in [5.41, 5.74) is 0. The molecule has 0 aromatic heterocycles. The summed E-state index contributed by atoms with van der Waals surface area (Å²) < 4.78 is 5.46. The summed E-state index contributed by atoms with van der Waals surface area (Å²) in [6, 6.07) is -0.639. The van der Waals surface area contributed by atoms with Crippen LogP contribution in [0.1, 0.15) is 290 Å². The molecule has 0 fully saturated rings. The van der Waals surface area contributed by atoms with Gasteiger partial charge in [-0.15, -0.1) is 0 Å². The SMILES string of the molecule is CCCCCCCC/C=C\CCCCCCCCCC(=O)OCCCCCC/C=C\CCCCCCCCCC(=O)NC(CO)C(O)/C=C/CCCCCCCCCCCCCC. The van der Waals surface area contributed by atoms with E-state index in [2.05, 4.69) is 43.5 Å². The Morgan fingerprint density at radius 2 is 0.746 bits per heavy atom. The molecule has 0 spiro atoms. The maximum absolute atomic E-state index is 12.4. The van der Waals surface area contributed by atoms with Crippen molar-refractivity contribution < 1.29 is 24.5 Å². The van der Waals surface area contributed by atoms with Crippen molar-refractivity contribution in [1.82, 2.24) is 5.32 Å². The highest BCUT2D eigenvalue weighted by atomic mass is 16.5. The van der Waals surface area contributed by atoms with Gasteiger partial charge < -0.3 is 20.3 Å².